The molecule has 6 heteroatoms. The summed E-state index contributed by atoms with van der Waals surface area (Å²) in [5.41, 5.74) is 3.92. The Morgan fingerprint density at radius 2 is 1.86 bits per heavy atom. The minimum absolute atomic E-state index is 0.118. The molecule has 2 aromatic carbocycles. The molecule has 0 bridgehead atoms. The van der Waals surface area contributed by atoms with E-state index in [0.717, 1.165) is 39.7 Å². The molecule has 0 atom stereocenters. The van der Waals surface area contributed by atoms with Gasteiger partial charge in [-0.3, -0.25) is 4.79 Å². The fraction of sp³-hybridized carbons (Fsp3) is 0.261. The quantitative estimate of drug-likeness (QED) is 0.350. The summed E-state index contributed by atoms with van der Waals surface area (Å²) in [6, 6.07) is 18.3. The summed E-state index contributed by atoms with van der Waals surface area (Å²) in [5, 5.41) is 10.7. The molecule has 0 spiro atoms. The fourth-order valence-corrected chi connectivity index (χ4v) is 4.62. The van der Waals surface area contributed by atoms with E-state index in [-0.39, 0.29) is 5.78 Å². The summed E-state index contributed by atoms with van der Waals surface area (Å²) >= 11 is 1.48. The van der Waals surface area contributed by atoms with Gasteiger partial charge in [0.25, 0.3) is 0 Å². The Hall–Kier alpha value is -2.86. The van der Waals surface area contributed by atoms with Crippen LogP contribution in [-0.2, 0) is 6.54 Å². The van der Waals surface area contributed by atoms with Gasteiger partial charge in [0.1, 0.15) is 5.82 Å². The molecule has 4 aromatic rings. The van der Waals surface area contributed by atoms with Gasteiger partial charge in [0.15, 0.2) is 10.9 Å². The Kier molecular flexibility index (Phi) is 4.72. The number of aryl methyl sites for hydroxylation is 1. The van der Waals surface area contributed by atoms with Crippen LogP contribution in [-0.4, -0.2) is 31.3 Å². The maximum Gasteiger partial charge on any atom is 0.191 e. The molecular weight excluding hydrogens is 380 g/mol. The predicted molar refractivity (Wildman–Crippen MR) is 116 cm³/mol. The number of carbonyl (C=O) groups excluding carboxylic acids is 1. The Bertz CT molecular complexity index is 1170. The van der Waals surface area contributed by atoms with Crippen LogP contribution in [0.25, 0.3) is 10.9 Å². The maximum atomic E-state index is 13.0. The standard InChI is InChI=1S/C23H22N4OS/c1-15-21(18-9-5-6-10-19(18)24-15)20(28)14-29-23-26-25-22(17-11-12-17)27(23)13-16-7-3-2-4-8-16/h2-10,17,24H,11-14H2,1H3. The second kappa shape index (κ2) is 7.52. The van der Waals surface area contributed by atoms with Crippen molar-refractivity contribution >= 4 is 28.4 Å². The van der Waals surface area contributed by atoms with Crippen LogP contribution < -0.4 is 0 Å². The molecule has 0 radical (unpaired) electrons. The Balaban J connectivity index is 1.39. The fourth-order valence-electron chi connectivity index (χ4n) is 3.80. The van der Waals surface area contributed by atoms with Crippen molar-refractivity contribution in [2.45, 2.75) is 37.4 Å². The van der Waals surface area contributed by atoms with E-state index in [1.807, 2.05) is 49.4 Å². The number of hydrogen-bond acceptors (Lipinski definition) is 4. The summed E-state index contributed by atoms with van der Waals surface area (Å²) in [7, 11) is 0. The molecule has 29 heavy (non-hydrogen) atoms. The minimum Gasteiger partial charge on any atom is -0.358 e. The molecule has 0 amide bonds. The highest BCUT2D eigenvalue weighted by Crippen LogP contribution is 2.40. The van der Waals surface area contributed by atoms with Crippen molar-refractivity contribution in [1.29, 1.82) is 0 Å². The van der Waals surface area contributed by atoms with Crippen molar-refractivity contribution in [1.82, 2.24) is 19.7 Å². The number of Topliss-reactive ketones (excluding diaryl/α,β-unsaturated/α-hetero) is 1. The van der Waals surface area contributed by atoms with Crippen LogP contribution in [0.2, 0.25) is 0 Å². The maximum absolute atomic E-state index is 13.0. The first-order valence-corrected chi connectivity index (χ1v) is 10.9. The molecule has 1 N–H and O–H groups in total. The van der Waals surface area contributed by atoms with Crippen LogP contribution in [0.5, 0.6) is 0 Å². The molecule has 5 rings (SSSR count). The average molecular weight is 403 g/mol. The van der Waals surface area contributed by atoms with E-state index in [1.54, 1.807) is 0 Å². The number of ketones is 1. The number of benzene rings is 2. The SMILES string of the molecule is Cc1[nH]c2ccccc2c1C(=O)CSc1nnc(C2CC2)n1Cc1ccccc1. The van der Waals surface area contributed by atoms with Gasteiger partial charge in [-0.25, -0.2) is 0 Å². The number of nitrogens with zero attached hydrogens (tertiary/aromatic N) is 3. The van der Waals surface area contributed by atoms with E-state index in [0.29, 0.717) is 11.7 Å². The van der Waals surface area contributed by atoms with Gasteiger partial charge < -0.3 is 9.55 Å². The van der Waals surface area contributed by atoms with E-state index in [1.165, 1.54) is 30.2 Å². The number of fused-ring (bicyclic) bond motifs is 1. The smallest absolute Gasteiger partial charge is 0.191 e. The number of carbonyl (C=O) groups is 1. The van der Waals surface area contributed by atoms with E-state index < -0.39 is 0 Å². The van der Waals surface area contributed by atoms with Crippen molar-refractivity contribution in [3.8, 4) is 0 Å². The molecule has 1 aliphatic carbocycles. The zero-order chi connectivity index (χ0) is 19.8. The molecular formula is C23H22N4OS. The van der Waals surface area contributed by atoms with E-state index >= 15 is 0 Å². The molecule has 0 unspecified atom stereocenters. The summed E-state index contributed by atoms with van der Waals surface area (Å²) in [5.74, 6) is 2.02. The minimum atomic E-state index is 0.118. The highest BCUT2D eigenvalue weighted by Gasteiger charge is 2.30. The van der Waals surface area contributed by atoms with E-state index in [9.17, 15) is 4.79 Å². The third-order valence-corrected chi connectivity index (χ3v) is 6.34. The van der Waals surface area contributed by atoms with Gasteiger partial charge in [-0.1, -0.05) is 60.3 Å². The largest absolute Gasteiger partial charge is 0.358 e. The molecule has 5 nitrogen and oxygen atoms in total. The molecule has 0 aliphatic heterocycles. The number of hydrogen-bond donors (Lipinski definition) is 1. The van der Waals surface area contributed by atoms with Crippen LogP contribution in [0, 0.1) is 6.92 Å². The lowest BCUT2D eigenvalue weighted by molar-refractivity contribution is 0.102. The molecule has 0 saturated heterocycles. The molecule has 146 valence electrons. The first-order valence-electron chi connectivity index (χ1n) is 9.91. The normalized spacial score (nSPS) is 13.8. The zero-order valence-corrected chi connectivity index (χ0v) is 17.1. The van der Waals surface area contributed by atoms with Crippen LogP contribution in [0.15, 0.2) is 59.8 Å². The monoisotopic (exact) mass is 402 g/mol. The summed E-state index contributed by atoms with van der Waals surface area (Å²) in [6.45, 7) is 2.70. The number of para-hydroxylation sites is 1. The van der Waals surface area contributed by atoms with Gasteiger partial charge in [-0.15, -0.1) is 10.2 Å². The highest BCUT2D eigenvalue weighted by atomic mass is 32.2. The molecule has 1 saturated carbocycles. The molecule has 1 aliphatic rings. The van der Waals surface area contributed by atoms with Gasteiger partial charge in [0.2, 0.25) is 0 Å². The Morgan fingerprint density at radius 1 is 1.10 bits per heavy atom. The van der Waals surface area contributed by atoms with Gasteiger partial charge in [0.05, 0.1) is 12.3 Å². The Labute approximate surface area is 173 Å². The summed E-state index contributed by atoms with van der Waals surface area (Å²) < 4.78 is 2.19. The lowest BCUT2D eigenvalue weighted by Crippen LogP contribution is -2.08. The number of H-pyrrole nitrogens is 1. The predicted octanol–water partition coefficient (Wildman–Crippen LogP) is 4.97. The molecule has 2 heterocycles. The van der Waals surface area contributed by atoms with Crippen LogP contribution >= 0.6 is 11.8 Å². The number of thioether (sulfide) groups is 1. The lowest BCUT2D eigenvalue weighted by atomic mass is 10.1. The second-order valence-electron chi connectivity index (χ2n) is 7.57. The van der Waals surface area contributed by atoms with Crippen LogP contribution in [0.3, 0.4) is 0 Å². The van der Waals surface area contributed by atoms with Crippen molar-refractivity contribution in [2.75, 3.05) is 5.75 Å². The van der Waals surface area contributed by atoms with Crippen LogP contribution in [0.1, 0.15) is 46.2 Å². The first kappa shape index (κ1) is 18.2. The van der Waals surface area contributed by atoms with Gasteiger partial charge in [-0.05, 0) is 31.4 Å². The molecule has 1 fully saturated rings. The van der Waals surface area contributed by atoms with Crippen molar-refractivity contribution in [3.63, 3.8) is 0 Å². The average Bonchev–Trinajstić information content (AvgIpc) is 3.41. The third kappa shape index (κ3) is 3.60. The van der Waals surface area contributed by atoms with Crippen LogP contribution in [0.4, 0.5) is 0 Å². The third-order valence-electron chi connectivity index (χ3n) is 5.38. The number of nitrogens with one attached hydrogen (secondary N) is 1. The Morgan fingerprint density at radius 3 is 2.66 bits per heavy atom. The van der Waals surface area contributed by atoms with Crippen molar-refractivity contribution in [3.05, 3.63) is 77.2 Å². The van der Waals surface area contributed by atoms with E-state index in [4.69, 9.17) is 0 Å². The van der Waals surface area contributed by atoms with Gasteiger partial charge in [-0.2, -0.15) is 0 Å². The van der Waals surface area contributed by atoms with Gasteiger partial charge >= 0.3 is 0 Å². The summed E-state index contributed by atoms with van der Waals surface area (Å²) in [4.78, 5) is 16.4. The first-order chi connectivity index (χ1) is 14.2. The number of aromatic amines is 1. The lowest BCUT2D eigenvalue weighted by Gasteiger charge is -2.10. The van der Waals surface area contributed by atoms with Crippen molar-refractivity contribution in [2.24, 2.45) is 0 Å². The van der Waals surface area contributed by atoms with Gasteiger partial charge in [0, 0.05) is 28.1 Å². The van der Waals surface area contributed by atoms with E-state index in [2.05, 4.69) is 31.9 Å². The highest BCUT2D eigenvalue weighted by molar-refractivity contribution is 7.99. The zero-order valence-electron chi connectivity index (χ0n) is 16.3. The second-order valence-corrected chi connectivity index (χ2v) is 8.51. The number of aromatic nitrogens is 4. The number of rotatable bonds is 7. The summed E-state index contributed by atoms with van der Waals surface area (Å²) in [6.07, 6.45) is 2.34. The van der Waals surface area contributed by atoms with Crippen molar-refractivity contribution < 1.29 is 4.79 Å². The topological polar surface area (TPSA) is 63.6 Å². The molecule has 2 aromatic heterocycles.